The summed E-state index contributed by atoms with van der Waals surface area (Å²) in [6.07, 6.45) is 1.92. The maximum absolute atomic E-state index is 10.5. The standard InChI is InChI=1S/C13H16ClN5O4/c1-13(2)21-3-8(4-22-13)5-23-19-6-15-9-10(14)17-12(16-7-20)18-11(9)19/h6-8H,3-5H2,1-2H3,(H,16,17,18,20). The molecule has 0 atom stereocenters. The Morgan fingerprint density at radius 1 is 1.48 bits per heavy atom. The Kier molecular flexibility index (Phi) is 4.33. The van der Waals surface area contributed by atoms with Crippen LogP contribution in [-0.4, -0.2) is 51.7 Å². The van der Waals surface area contributed by atoms with E-state index in [0.29, 0.717) is 37.4 Å². The number of ether oxygens (including phenoxy) is 2. The van der Waals surface area contributed by atoms with Crippen LogP contribution in [0.2, 0.25) is 5.15 Å². The SMILES string of the molecule is CC1(C)OCC(COn2cnc3c(Cl)nc(NC=O)nc32)CO1. The molecule has 1 N–H and O–H groups in total. The van der Waals surface area contributed by atoms with Crippen molar-refractivity contribution < 1.29 is 19.1 Å². The van der Waals surface area contributed by atoms with E-state index < -0.39 is 5.79 Å². The fourth-order valence-electron chi connectivity index (χ4n) is 2.07. The first-order valence-corrected chi connectivity index (χ1v) is 7.38. The Labute approximate surface area is 136 Å². The number of halogens is 1. The number of carbonyl (C=O) groups excluding carboxylic acids is 1. The first-order valence-electron chi connectivity index (χ1n) is 7.00. The van der Waals surface area contributed by atoms with Gasteiger partial charge in [-0.15, -0.1) is 0 Å². The number of aromatic nitrogens is 4. The van der Waals surface area contributed by atoms with E-state index in [0.717, 1.165) is 0 Å². The first kappa shape index (κ1) is 15.9. The number of imidazole rings is 1. The lowest BCUT2D eigenvalue weighted by molar-refractivity contribution is -0.266. The van der Waals surface area contributed by atoms with Gasteiger partial charge in [-0.3, -0.25) is 10.1 Å². The van der Waals surface area contributed by atoms with Crippen molar-refractivity contribution in [3.63, 3.8) is 0 Å². The molecule has 9 nitrogen and oxygen atoms in total. The van der Waals surface area contributed by atoms with Crippen molar-refractivity contribution in [2.45, 2.75) is 19.6 Å². The fraction of sp³-hybridized carbons (Fsp3) is 0.538. The second-order valence-electron chi connectivity index (χ2n) is 5.53. The molecular weight excluding hydrogens is 326 g/mol. The summed E-state index contributed by atoms with van der Waals surface area (Å²) in [5, 5.41) is 2.48. The van der Waals surface area contributed by atoms with Crippen LogP contribution in [0.4, 0.5) is 5.95 Å². The lowest BCUT2D eigenvalue weighted by Gasteiger charge is -2.34. The lowest BCUT2D eigenvalue weighted by atomic mass is 10.1. The maximum atomic E-state index is 10.5. The van der Waals surface area contributed by atoms with E-state index in [1.807, 2.05) is 13.8 Å². The number of hydrogen-bond donors (Lipinski definition) is 1. The van der Waals surface area contributed by atoms with Gasteiger partial charge in [0.2, 0.25) is 18.0 Å². The summed E-state index contributed by atoms with van der Waals surface area (Å²) < 4.78 is 12.6. The minimum atomic E-state index is -0.561. The molecule has 0 unspecified atom stereocenters. The van der Waals surface area contributed by atoms with Crippen molar-refractivity contribution in [1.82, 2.24) is 19.7 Å². The molecule has 3 heterocycles. The fourth-order valence-corrected chi connectivity index (χ4v) is 2.28. The number of nitrogens with one attached hydrogen (secondary N) is 1. The summed E-state index contributed by atoms with van der Waals surface area (Å²) in [5.41, 5.74) is 0.757. The quantitative estimate of drug-likeness (QED) is 0.636. The third-order valence-corrected chi connectivity index (χ3v) is 3.56. The zero-order valence-corrected chi connectivity index (χ0v) is 13.4. The molecule has 23 heavy (non-hydrogen) atoms. The van der Waals surface area contributed by atoms with Crippen LogP contribution in [0.1, 0.15) is 13.8 Å². The molecule has 10 heteroatoms. The third kappa shape index (κ3) is 3.52. The van der Waals surface area contributed by atoms with Gasteiger partial charge in [0, 0.05) is 5.92 Å². The topological polar surface area (TPSA) is 100 Å². The van der Waals surface area contributed by atoms with Crippen LogP contribution in [0, 0.1) is 5.92 Å². The highest BCUT2D eigenvalue weighted by molar-refractivity contribution is 6.33. The van der Waals surface area contributed by atoms with Gasteiger partial charge in [-0.05, 0) is 13.8 Å². The van der Waals surface area contributed by atoms with Crippen LogP contribution in [0.5, 0.6) is 0 Å². The highest BCUT2D eigenvalue weighted by atomic mass is 35.5. The third-order valence-electron chi connectivity index (χ3n) is 3.29. The summed E-state index contributed by atoms with van der Waals surface area (Å²) in [7, 11) is 0. The number of fused-ring (bicyclic) bond motifs is 1. The smallest absolute Gasteiger partial charge is 0.232 e. The van der Waals surface area contributed by atoms with E-state index in [4.69, 9.17) is 25.9 Å². The van der Waals surface area contributed by atoms with E-state index in [9.17, 15) is 4.79 Å². The number of rotatable bonds is 5. The van der Waals surface area contributed by atoms with Crippen LogP contribution < -0.4 is 10.2 Å². The van der Waals surface area contributed by atoms with Crippen molar-refractivity contribution in [2.75, 3.05) is 25.1 Å². The summed E-state index contributed by atoms with van der Waals surface area (Å²) in [4.78, 5) is 28.4. The van der Waals surface area contributed by atoms with Gasteiger partial charge in [0.25, 0.3) is 0 Å². The van der Waals surface area contributed by atoms with Crippen LogP contribution in [0.25, 0.3) is 11.2 Å². The molecule has 0 radical (unpaired) electrons. The molecule has 1 saturated heterocycles. The van der Waals surface area contributed by atoms with E-state index in [-0.39, 0.29) is 17.0 Å². The lowest BCUT2D eigenvalue weighted by Crippen LogP contribution is -2.41. The van der Waals surface area contributed by atoms with E-state index in [2.05, 4.69) is 20.3 Å². The molecule has 0 aliphatic carbocycles. The largest absolute Gasteiger partial charge is 0.410 e. The normalized spacial score (nSPS) is 18.0. The molecule has 1 aliphatic rings. The minimum absolute atomic E-state index is 0.0777. The molecule has 1 amide bonds. The van der Waals surface area contributed by atoms with Crippen LogP contribution in [0.15, 0.2) is 6.33 Å². The minimum Gasteiger partial charge on any atom is -0.410 e. The molecule has 1 aliphatic heterocycles. The first-order chi connectivity index (χ1) is 11.0. The Balaban J connectivity index is 1.72. The van der Waals surface area contributed by atoms with Crippen LogP contribution in [0.3, 0.4) is 0 Å². The Hall–Kier alpha value is -1.97. The molecule has 1 fully saturated rings. The predicted octanol–water partition coefficient (Wildman–Crippen LogP) is 0.876. The highest BCUT2D eigenvalue weighted by Crippen LogP contribution is 2.22. The summed E-state index contributed by atoms with van der Waals surface area (Å²) in [6, 6.07) is 0. The van der Waals surface area contributed by atoms with Gasteiger partial charge >= 0.3 is 0 Å². The van der Waals surface area contributed by atoms with Gasteiger partial charge in [-0.25, -0.2) is 4.98 Å². The number of amides is 1. The molecule has 2 aromatic heterocycles. The van der Waals surface area contributed by atoms with Crippen LogP contribution in [-0.2, 0) is 14.3 Å². The second-order valence-corrected chi connectivity index (χ2v) is 5.88. The molecule has 0 spiro atoms. The van der Waals surface area contributed by atoms with Crippen molar-refractivity contribution in [2.24, 2.45) is 5.92 Å². The van der Waals surface area contributed by atoms with Crippen molar-refractivity contribution in [1.29, 1.82) is 0 Å². The van der Waals surface area contributed by atoms with Gasteiger partial charge in [-0.2, -0.15) is 14.7 Å². The molecule has 0 aromatic carbocycles. The summed E-state index contributed by atoms with van der Waals surface area (Å²) >= 11 is 6.01. The van der Waals surface area contributed by atoms with Crippen molar-refractivity contribution >= 4 is 35.1 Å². The predicted molar refractivity (Wildman–Crippen MR) is 80.9 cm³/mol. The number of anilines is 1. The zero-order valence-electron chi connectivity index (χ0n) is 12.7. The summed E-state index contributed by atoms with van der Waals surface area (Å²) in [5.74, 6) is -0.395. The summed E-state index contributed by atoms with van der Waals surface area (Å²) in [6.45, 7) is 5.17. The van der Waals surface area contributed by atoms with Gasteiger partial charge in [0.05, 0.1) is 13.2 Å². The number of nitrogens with zero attached hydrogens (tertiary/aromatic N) is 4. The monoisotopic (exact) mass is 341 g/mol. The Morgan fingerprint density at radius 3 is 2.91 bits per heavy atom. The van der Waals surface area contributed by atoms with E-state index in [1.54, 1.807) is 0 Å². The van der Waals surface area contributed by atoms with Gasteiger partial charge in [0.1, 0.15) is 18.5 Å². The Morgan fingerprint density at radius 2 is 2.22 bits per heavy atom. The molecule has 3 rings (SSSR count). The zero-order chi connectivity index (χ0) is 16.4. The van der Waals surface area contributed by atoms with Crippen molar-refractivity contribution in [3.05, 3.63) is 11.5 Å². The van der Waals surface area contributed by atoms with Gasteiger partial charge in [-0.1, -0.05) is 11.6 Å². The van der Waals surface area contributed by atoms with Crippen LogP contribution >= 0.6 is 11.6 Å². The molecule has 124 valence electrons. The highest BCUT2D eigenvalue weighted by Gasteiger charge is 2.29. The maximum Gasteiger partial charge on any atom is 0.232 e. The Bertz CT molecular complexity index is 710. The van der Waals surface area contributed by atoms with Gasteiger partial charge in [0.15, 0.2) is 10.9 Å². The molecule has 0 bridgehead atoms. The average Bonchev–Trinajstić information content (AvgIpc) is 2.90. The second kappa shape index (κ2) is 6.26. The van der Waals surface area contributed by atoms with Gasteiger partial charge < -0.3 is 14.3 Å². The molecule has 2 aromatic rings. The van der Waals surface area contributed by atoms with E-state index in [1.165, 1.54) is 11.1 Å². The number of carbonyl (C=O) groups is 1. The molecular formula is C13H16ClN5O4. The van der Waals surface area contributed by atoms with E-state index >= 15 is 0 Å². The average molecular weight is 342 g/mol. The molecule has 0 saturated carbocycles. The number of hydrogen-bond acceptors (Lipinski definition) is 7. The van der Waals surface area contributed by atoms with Crippen molar-refractivity contribution in [3.8, 4) is 0 Å².